The van der Waals surface area contributed by atoms with Gasteiger partial charge in [0.15, 0.2) is 5.69 Å². The molecule has 27 nitrogen and oxygen atoms in total. The van der Waals surface area contributed by atoms with E-state index >= 15 is 0 Å². The van der Waals surface area contributed by atoms with Crippen LogP contribution in [0, 0.1) is 5.92 Å². The molecule has 0 amide bonds. The minimum absolute atomic E-state index is 0. The molecular formula is C112H132N6O21S2. The lowest BCUT2D eigenvalue weighted by atomic mass is 9.76. The third-order valence-electron chi connectivity index (χ3n) is 25.2. The highest BCUT2D eigenvalue weighted by molar-refractivity contribution is 7.86. The predicted molar refractivity (Wildman–Crippen MR) is 547 cm³/mol. The third kappa shape index (κ3) is 34.8. The smallest absolute Gasteiger partial charge is 0.357 e. The number of carboxylic acids is 6. The molecule has 141 heavy (non-hydrogen) atoms. The Morgan fingerprint density at radius 2 is 1.01 bits per heavy atom. The number of piperidine rings is 5. The molecule has 2 bridgehead atoms. The predicted octanol–water partition coefficient (Wildman–Crippen LogP) is 17.8. The maximum absolute atomic E-state index is 12.1. The summed E-state index contributed by atoms with van der Waals surface area (Å²) < 4.78 is 41.5. The lowest BCUT2D eigenvalue weighted by molar-refractivity contribution is -0.155. The highest BCUT2D eigenvalue weighted by atomic mass is 32.2. The van der Waals surface area contributed by atoms with Crippen molar-refractivity contribution in [1.82, 2.24) is 29.2 Å². The number of para-hydroxylation sites is 1. The van der Waals surface area contributed by atoms with Crippen LogP contribution >= 0.6 is 11.5 Å². The molecule has 5 unspecified atom stereocenters. The number of aromatic carboxylic acids is 3. The number of rotatable bonds is 35. The Hall–Kier alpha value is -12.9. The van der Waals surface area contributed by atoms with Gasteiger partial charge in [0.1, 0.15) is 30.3 Å². The number of nitrogens with zero attached hydrogens (tertiary/aromatic N) is 6. The summed E-state index contributed by atoms with van der Waals surface area (Å²) in [6, 6.07) is 93.9. The molecule has 6 heterocycles. The van der Waals surface area contributed by atoms with Gasteiger partial charge >= 0.3 is 35.8 Å². The van der Waals surface area contributed by atoms with Gasteiger partial charge in [-0.25, -0.2) is 19.2 Å². The molecule has 17 rings (SSSR count). The number of aromatic nitrogens is 2. The van der Waals surface area contributed by atoms with Crippen LogP contribution in [-0.4, -0.2) is 239 Å². The minimum Gasteiger partial charge on any atom is -0.491 e. The first-order chi connectivity index (χ1) is 67.4. The largest absolute Gasteiger partial charge is 0.491 e. The first-order valence-electron chi connectivity index (χ1n) is 47.1. The molecule has 12 aromatic rings. The summed E-state index contributed by atoms with van der Waals surface area (Å²) >= 11 is 1.05. The molecule has 11 aromatic carbocycles. The number of hydrogen-bond acceptors (Lipinski definition) is 22. The van der Waals surface area contributed by atoms with Crippen molar-refractivity contribution >= 4 is 57.5 Å². The lowest BCUT2D eigenvalue weighted by Gasteiger charge is -2.43. The molecule has 748 valence electrons. The molecule has 1 aromatic heterocycles. The Bertz CT molecular complexity index is 5780. The fourth-order valence-electron chi connectivity index (χ4n) is 17.5. The number of hydrogen-bond donors (Lipinski definition) is 10. The molecule has 0 saturated carbocycles. The monoisotopic (exact) mass is 1960 g/mol. The van der Waals surface area contributed by atoms with Crippen molar-refractivity contribution in [2.75, 3.05) is 91.4 Å². The number of fused-ring (bicyclic) bond motifs is 3. The number of aliphatic carboxylic acids is 3. The van der Waals surface area contributed by atoms with Crippen molar-refractivity contribution in [2.24, 2.45) is 5.92 Å². The number of likely N-dealkylation sites (tertiary alicyclic amines) is 2. The van der Waals surface area contributed by atoms with Gasteiger partial charge in [0.2, 0.25) is 5.60 Å². The van der Waals surface area contributed by atoms with E-state index in [4.69, 9.17) is 29.0 Å². The number of aliphatic hydroxyl groups is 4. The summed E-state index contributed by atoms with van der Waals surface area (Å²) in [4.78, 5) is 78.0. The van der Waals surface area contributed by atoms with Crippen LogP contribution in [0.5, 0.6) is 5.75 Å². The SMILES string of the molecule is C.CCN(CC)CCC(O)(Cc1ccccc1)C(C(=O)O)c1ccccc1.CCN1CCC(O)(C(C(=O)O)c2ccccc2)CC1.CS(=O)(=O)OC1CN2CCC1CC2.O=C(O)C(O)(c1ccc(-c2ccccc2)cc1)c1ccc(-c2ccccc2)cc1.O=C(O)c1ccc(Cc2ccccc2C(=O)O)cc1.O=C(O)c1nnsc1COCc1ccccc1.OC(COc1ccccc1)CN1CCCCC1. The van der Waals surface area contributed by atoms with Crippen molar-refractivity contribution in [3.8, 4) is 28.0 Å². The summed E-state index contributed by atoms with van der Waals surface area (Å²) in [5.41, 5.74) is 5.34. The average Bonchev–Trinajstić information content (AvgIpc) is 0.947. The van der Waals surface area contributed by atoms with Gasteiger partial charge in [-0.3, -0.25) is 13.8 Å². The van der Waals surface area contributed by atoms with Gasteiger partial charge in [0.25, 0.3) is 10.1 Å². The van der Waals surface area contributed by atoms with Crippen LogP contribution in [-0.2, 0) is 65.1 Å². The van der Waals surface area contributed by atoms with Crippen molar-refractivity contribution in [3.63, 3.8) is 0 Å². The van der Waals surface area contributed by atoms with Gasteiger partial charge in [-0.2, -0.15) is 8.42 Å². The van der Waals surface area contributed by atoms with Gasteiger partial charge in [0.05, 0.1) is 52.8 Å². The molecule has 5 fully saturated rings. The molecule has 5 saturated heterocycles. The van der Waals surface area contributed by atoms with Crippen LogP contribution in [0.2, 0.25) is 0 Å². The van der Waals surface area contributed by atoms with E-state index in [1.165, 1.54) is 31.4 Å². The maximum atomic E-state index is 12.1. The zero-order valence-electron chi connectivity index (χ0n) is 79.5. The normalized spacial score (nSPS) is 16.4. The number of carboxylic acid groups (broad SMARTS) is 6. The first kappa shape index (κ1) is 112. The zero-order valence-corrected chi connectivity index (χ0v) is 81.1. The van der Waals surface area contributed by atoms with E-state index in [0.29, 0.717) is 90.5 Å². The van der Waals surface area contributed by atoms with Crippen molar-refractivity contribution in [1.29, 1.82) is 0 Å². The Kier molecular flexibility index (Phi) is 44.8. The second-order valence-corrected chi connectivity index (χ2v) is 37.4. The van der Waals surface area contributed by atoms with Crippen LogP contribution in [0.3, 0.4) is 0 Å². The van der Waals surface area contributed by atoms with Crippen LogP contribution in [0.25, 0.3) is 22.3 Å². The quantitative estimate of drug-likeness (QED) is 0.0165. The first-order valence-corrected chi connectivity index (χ1v) is 49.7. The van der Waals surface area contributed by atoms with Crippen LogP contribution < -0.4 is 4.74 Å². The van der Waals surface area contributed by atoms with Gasteiger partial charge in [-0.1, -0.05) is 318 Å². The fourth-order valence-corrected chi connectivity index (χ4v) is 18.7. The maximum Gasteiger partial charge on any atom is 0.357 e. The van der Waals surface area contributed by atoms with Gasteiger partial charge < -0.3 is 80.1 Å². The van der Waals surface area contributed by atoms with Gasteiger partial charge in [0, 0.05) is 39.1 Å². The average molecular weight is 1960 g/mol. The van der Waals surface area contributed by atoms with E-state index in [2.05, 4.69) is 50.0 Å². The molecule has 10 N–H and O–H groups in total. The summed E-state index contributed by atoms with van der Waals surface area (Å²) in [5, 5.41) is 103. The van der Waals surface area contributed by atoms with E-state index in [1.807, 2.05) is 212 Å². The van der Waals surface area contributed by atoms with Gasteiger partial charge in [-0.15, -0.1) is 5.10 Å². The molecular weight excluding hydrogens is 1830 g/mol. The van der Waals surface area contributed by atoms with Crippen molar-refractivity contribution in [2.45, 2.75) is 146 Å². The Morgan fingerprint density at radius 1 is 0.525 bits per heavy atom. The summed E-state index contributed by atoms with van der Waals surface area (Å²) in [5.74, 6) is -6.78. The van der Waals surface area contributed by atoms with Gasteiger partial charge in [-0.05, 0) is 212 Å². The van der Waals surface area contributed by atoms with E-state index in [9.17, 15) is 72.9 Å². The van der Waals surface area contributed by atoms with E-state index in [1.54, 1.807) is 84.9 Å². The zero-order chi connectivity index (χ0) is 100. The highest BCUT2D eigenvalue weighted by Gasteiger charge is 2.46. The molecule has 5 atom stereocenters. The minimum atomic E-state index is -3.27. The summed E-state index contributed by atoms with van der Waals surface area (Å²) in [7, 11) is -3.27. The molecule has 5 aliphatic rings. The van der Waals surface area contributed by atoms with Crippen LogP contribution in [0.15, 0.2) is 309 Å². The highest BCUT2D eigenvalue weighted by Crippen LogP contribution is 2.40. The number of benzene rings is 11. The fraction of sp³-hybridized carbons (Fsp3) is 0.339. The number of β-amino-alcohol motifs (C(OH)–C–C–N with tert-alkyl or cyclic N) is 1. The van der Waals surface area contributed by atoms with Crippen molar-refractivity contribution in [3.05, 3.63) is 376 Å². The second-order valence-electron chi connectivity index (χ2n) is 34.9. The third-order valence-corrected chi connectivity index (χ3v) is 26.5. The number of carbonyl (C=O) groups is 6. The lowest BCUT2D eigenvalue weighted by Crippen LogP contribution is -2.51. The van der Waals surface area contributed by atoms with Crippen LogP contribution in [0.4, 0.5) is 0 Å². The molecule has 5 aliphatic heterocycles. The topological polar surface area (TPSA) is 405 Å². The number of aliphatic hydroxyl groups excluding tert-OH is 1. The summed E-state index contributed by atoms with van der Waals surface area (Å²) in [6.07, 6.45) is 8.83. The number of ether oxygens (including phenoxy) is 2. The van der Waals surface area contributed by atoms with Crippen LogP contribution in [0.1, 0.15) is 172 Å². The molecule has 0 radical (unpaired) electrons. The molecule has 29 heteroatoms. The van der Waals surface area contributed by atoms with E-state index < -0.39 is 80.7 Å². The molecule has 0 spiro atoms. The van der Waals surface area contributed by atoms with E-state index in [0.717, 1.165) is 147 Å². The second kappa shape index (κ2) is 56.6. The Morgan fingerprint density at radius 3 is 1.47 bits per heavy atom. The van der Waals surface area contributed by atoms with E-state index in [-0.39, 0.29) is 37.0 Å². The Labute approximate surface area is 830 Å². The molecule has 0 aliphatic carbocycles. The standard InChI is InChI=1S/C26H20O3.C22H29NO3.C15H21NO3.C15H12O4.C14H21NO2.C11H10N2O3S.C8H15NO3S.CH4/c27-25(28)26(29,23-15-11-21(12-16-23)19-7-3-1-4-8-19)24-17-13-22(14-18-24)20-9-5-2-6-10-20;1-3-23(4-2)16-15-22(26,17-18-11-7-5-8-12-18)20(21(24)25)19-13-9-6-10-14-19;1-2-16-10-8-15(19,9-11-16)13(14(17)18)12-6-4-3-5-7-12;16-14(17)11-7-5-10(6-8-11)9-12-3-1-2-4-13(12)15(18)19;16-13(11-15-9-5-2-6-10-15)12-17-14-7-3-1-4-8-14;14-11(15)10-9(17-13-12-10)7-16-6-8-4-2-1-3-5-8;1-13(10,11)12-8-6-9-4-2-7(8)3-5-9;/h1-18,29H,(H,27,28);5-14,20,26H,3-4,15-17H2,1-2H3,(H,24,25);3-7,13,19H,2,8-11H2,1H3,(H,17,18);1-8H,9H2,(H,16,17)(H,18,19);1,3-4,7-8,13,16H,2,5-6,9-12H2;1-5H,6-7H2,(H,14,15);7-8H,2-6H2,1H3;1H4. The van der Waals surface area contributed by atoms with Crippen molar-refractivity contribution < 1.29 is 102 Å². The Balaban J connectivity index is 0.000000186. The summed E-state index contributed by atoms with van der Waals surface area (Å²) in [6.45, 7) is 18.1.